The van der Waals surface area contributed by atoms with Gasteiger partial charge >= 0.3 is 0 Å². The number of aromatic nitrogens is 3. The summed E-state index contributed by atoms with van der Waals surface area (Å²) in [4.78, 5) is 16.2. The molecule has 0 aliphatic rings. The predicted octanol–water partition coefficient (Wildman–Crippen LogP) is 3.62. The van der Waals surface area contributed by atoms with Crippen molar-refractivity contribution in [3.63, 3.8) is 0 Å². The number of nitrogens with one attached hydrogen (secondary N) is 2. The van der Waals surface area contributed by atoms with Gasteiger partial charge in [-0.2, -0.15) is 5.10 Å². The maximum Gasteiger partial charge on any atom is 0.250 e. The maximum atomic E-state index is 11.9. The van der Waals surface area contributed by atoms with Gasteiger partial charge < -0.3 is 15.2 Å². The Kier molecular flexibility index (Phi) is 9.45. The molecular formula is C26H29IN6O. The number of pyridine rings is 1. The van der Waals surface area contributed by atoms with Gasteiger partial charge in [-0.15, -0.1) is 24.0 Å². The molecule has 176 valence electrons. The minimum atomic E-state index is 0. The number of halogens is 1. The summed E-state index contributed by atoms with van der Waals surface area (Å²) in [7, 11) is 1.77. The third-order valence-corrected chi connectivity index (χ3v) is 5.41. The molecule has 0 saturated heterocycles. The molecule has 0 atom stereocenters. The molecule has 0 saturated carbocycles. The smallest absolute Gasteiger partial charge is 0.250 e. The van der Waals surface area contributed by atoms with E-state index in [1.54, 1.807) is 36.1 Å². The molecule has 0 amide bonds. The zero-order valence-electron chi connectivity index (χ0n) is 19.1. The molecule has 0 fully saturated rings. The van der Waals surface area contributed by atoms with E-state index >= 15 is 0 Å². The van der Waals surface area contributed by atoms with Crippen LogP contribution in [-0.4, -0.2) is 27.4 Å². The number of hydrogen-bond acceptors (Lipinski definition) is 3. The minimum absolute atomic E-state index is 0. The molecule has 0 spiro atoms. The molecule has 2 aromatic heterocycles. The van der Waals surface area contributed by atoms with Crippen LogP contribution in [-0.2, 0) is 26.2 Å². The molecule has 8 heteroatoms. The Morgan fingerprint density at radius 1 is 0.824 bits per heavy atom. The fourth-order valence-corrected chi connectivity index (χ4v) is 3.59. The Hall–Kier alpha value is -3.40. The van der Waals surface area contributed by atoms with Gasteiger partial charge in [0.2, 0.25) is 0 Å². The van der Waals surface area contributed by atoms with Gasteiger partial charge in [0.05, 0.1) is 13.1 Å². The van der Waals surface area contributed by atoms with Crippen LogP contribution in [0, 0.1) is 0 Å². The van der Waals surface area contributed by atoms with Crippen LogP contribution in [0.3, 0.4) is 0 Å². The van der Waals surface area contributed by atoms with Gasteiger partial charge in [0.15, 0.2) is 5.96 Å². The first-order valence-corrected chi connectivity index (χ1v) is 10.9. The highest BCUT2D eigenvalue weighted by atomic mass is 127. The molecule has 2 aromatic carbocycles. The molecular weight excluding hydrogens is 539 g/mol. The Morgan fingerprint density at radius 3 is 2.24 bits per heavy atom. The third kappa shape index (κ3) is 7.05. The Balaban J connectivity index is 0.00000324. The second kappa shape index (κ2) is 12.7. The van der Waals surface area contributed by atoms with Gasteiger partial charge in [0, 0.05) is 44.8 Å². The number of nitrogens with zero attached hydrogens (tertiary/aromatic N) is 4. The summed E-state index contributed by atoms with van der Waals surface area (Å²) in [6, 6.07) is 23.7. The zero-order valence-corrected chi connectivity index (χ0v) is 21.4. The van der Waals surface area contributed by atoms with E-state index in [4.69, 9.17) is 0 Å². The highest BCUT2D eigenvalue weighted by molar-refractivity contribution is 14.0. The van der Waals surface area contributed by atoms with E-state index in [2.05, 4.69) is 57.1 Å². The lowest BCUT2D eigenvalue weighted by Crippen LogP contribution is -2.36. The molecule has 0 aliphatic heterocycles. The normalized spacial score (nSPS) is 11.0. The van der Waals surface area contributed by atoms with E-state index in [0.29, 0.717) is 19.6 Å². The maximum absolute atomic E-state index is 11.9. The van der Waals surface area contributed by atoms with E-state index in [-0.39, 0.29) is 29.5 Å². The molecule has 0 unspecified atom stereocenters. The van der Waals surface area contributed by atoms with Gasteiger partial charge in [-0.1, -0.05) is 54.6 Å². The predicted molar refractivity (Wildman–Crippen MR) is 146 cm³/mol. The van der Waals surface area contributed by atoms with Crippen molar-refractivity contribution in [1.29, 1.82) is 0 Å². The highest BCUT2D eigenvalue weighted by Gasteiger charge is 2.05. The lowest BCUT2D eigenvalue weighted by atomic mass is 10.1. The molecule has 4 rings (SSSR count). The average Bonchev–Trinajstić information content (AvgIpc) is 3.36. The van der Waals surface area contributed by atoms with Gasteiger partial charge in [0.1, 0.15) is 0 Å². The average molecular weight is 568 g/mol. The zero-order chi connectivity index (χ0) is 22.9. The van der Waals surface area contributed by atoms with Crippen LogP contribution in [0.1, 0.15) is 22.3 Å². The van der Waals surface area contributed by atoms with E-state index in [1.807, 2.05) is 35.1 Å². The lowest BCUT2D eigenvalue weighted by molar-refractivity contribution is 0.677. The standard InChI is InChI=1S/C26H28N6O.HI/c1-27-26(29-18-23-7-2-3-8-24(23)20-32-16-6-14-30-32)28-17-21-10-12-22(13-11-21)19-31-15-5-4-9-25(31)33;/h2-16H,17-20H2,1H3,(H2,27,28,29);1H. The van der Waals surface area contributed by atoms with Crippen LogP contribution in [0.5, 0.6) is 0 Å². The lowest BCUT2D eigenvalue weighted by Gasteiger charge is -2.15. The number of rotatable bonds is 8. The van der Waals surface area contributed by atoms with Crippen LogP contribution >= 0.6 is 24.0 Å². The summed E-state index contributed by atoms with van der Waals surface area (Å²) < 4.78 is 3.62. The summed E-state index contributed by atoms with van der Waals surface area (Å²) in [6.07, 6.45) is 5.57. The second-order valence-corrected chi connectivity index (χ2v) is 7.73. The highest BCUT2D eigenvalue weighted by Crippen LogP contribution is 2.10. The van der Waals surface area contributed by atoms with Crippen molar-refractivity contribution in [2.24, 2.45) is 4.99 Å². The molecule has 0 aliphatic carbocycles. The van der Waals surface area contributed by atoms with Crippen molar-refractivity contribution in [3.05, 3.63) is 124 Å². The van der Waals surface area contributed by atoms with Crippen molar-refractivity contribution in [3.8, 4) is 0 Å². The van der Waals surface area contributed by atoms with E-state index < -0.39 is 0 Å². The second-order valence-electron chi connectivity index (χ2n) is 7.73. The largest absolute Gasteiger partial charge is 0.352 e. The van der Waals surface area contributed by atoms with Crippen LogP contribution < -0.4 is 16.2 Å². The Labute approximate surface area is 216 Å². The molecule has 7 nitrogen and oxygen atoms in total. The SMILES string of the molecule is CN=C(NCc1ccc(Cn2ccccc2=O)cc1)NCc1ccccc1Cn1cccn1.I. The van der Waals surface area contributed by atoms with Gasteiger partial charge in [-0.3, -0.25) is 14.5 Å². The Morgan fingerprint density at radius 2 is 1.53 bits per heavy atom. The van der Waals surface area contributed by atoms with Crippen LogP contribution in [0.4, 0.5) is 0 Å². The first-order valence-electron chi connectivity index (χ1n) is 10.9. The molecule has 34 heavy (non-hydrogen) atoms. The van der Waals surface area contributed by atoms with E-state index in [1.165, 1.54) is 11.1 Å². The first kappa shape index (κ1) is 25.2. The van der Waals surface area contributed by atoms with Crippen LogP contribution in [0.15, 0.2) is 101 Å². The van der Waals surface area contributed by atoms with Crippen molar-refractivity contribution in [2.45, 2.75) is 26.2 Å². The fraction of sp³-hybridized carbons (Fsp3) is 0.192. The quantitative estimate of drug-likeness (QED) is 0.194. The first-order chi connectivity index (χ1) is 16.2. The third-order valence-electron chi connectivity index (χ3n) is 5.41. The molecule has 0 bridgehead atoms. The van der Waals surface area contributed by atoms with Crippen molar-refractivity contribution in [1.82, 2.24) is 25.0 Å². The molecule has 4 aromatic rings. The summed E-state index contributed by atoms with van der Waals surface area (Å²) in [6.45, 7) is 2.62. The number of guanidine groups is 1. The topological polar surface area (TPSA) is 76.2 Å². The number of hydrogen-bond donors (Lipinski definition) is 2. The van der Waals surface area contributed by atoms with Crippen molar-refractivity contribution < 1.29 is 0 Å². The van der Waals surface area contributed by atoms with Crippen molar-refractivity contribution in [2.75, 3.05) is 7.05 Å². The van der Waals surface area contributed by atoms with Gasteiger partial charge in [-0.05, 0) is 34.4 Å². The van der Waals surface area contributed by atoms with E-state index in [0.717, 1.165) is 23.6 Å². The number of aliphatic imine (C=N–C) groups is 1. The van der Waals surface area contributed by atoms with Gasteiger partial charge in [-0.25, -0.2) is 0 Å². The van der Waals surface area contributed by atoms with E-state index in [9.17, 15) is 4.79 Å². The summed E-state index contributed by atoms with van der Waals surface area (Å²) in [5.74, 6) is 0.740. The van der Waals surface area contributed by atoms with Crippen molar-refractivity contribution >= 4 is 29.9 Å². The van der Waals surface area contributed by atoms with Crippen LogP contribution in [0.25, 0.3) is 0 Å². The molecule has 2 N–H and O–H groups in total. The number of benzene rings is 2. The minimum Gasteiger partial charge on any atom is -0.352 e. The fourth-order valence-electron chi connectivity index (χ4n) is 3.59. The monoisotopic (exact) mass is 568 g/mol. The molecule has 0 radical (unpaired) electrons. The summed E-state index contributed by atoms with van der Waals surface area (Å²) in [5, 5.41) is 11.1. The van der Waals surface area contributed by atoms with Gasteiger partial charge in [0.25, 0.3) is 5.56 Å². The molecule has 2 heterocycles. The summed E-state index contributed by atoms with van der Waals surface area (Å²) in [5.41, 5.74) is 4.66. The Bertz CT molecular complexity index is 1250. The van der Waals surface area contributed by atoms with Crippen LogP contribution in [0.2, 0.25) is 0 Å². The summed E-state index contributed by atoms with van der Waals surface area (Å²) >= 11 is 0.